The summed E-state index contributed by atoms with van der Waals surface area (Å²) >= 11 is 0. The molecule has 0 spiro atoms. The van der Waals surface area contributed by atoms with Crippen LogP contribution in [0.5, 0.6) is 0 Å². The molecule has 0 aromatic carbocycles. The smallest absolute Gasteiger partial charge is 0.122 e. The van der Waals surface area contributed by atoms with E-state index in [0.29, 0.717) is 12.2 Å². The Labute approximate surface area is 70.2 Å². The molecule has 0 radical (unpaired) electrons. The molecular formula is C7H12N4O. The lowest BCUT2D eigenvalue weighted by molar-refractivity contribution is 0.00816. The van der Waals surface area contributed by atoms with Crippen LogP contribution < -0.4 is 5.32 Å². The van der Waals surface area contributed by atoms with E-state index in [4.69, 9.17) is 0 Å². The van der Waals surface area contributed by atoms with Gasteiger partial charge in [0.1, 0.15) is 11.3 Å². The molecule has 1 aromatic heterocycles. The lowest BCUT2D eigenvalue weighted by Crippen LogP contribution is -2.43. The highest BCUT2D eigenvalue weighted by Crippen LogP contribution is 2.25. The van der Waals surface area contributed by atoms with E-state index in [1.807, 2.05) is 0 Å². The normalized spacial score (nSPS) is 30.4. The van der Waals surface area contributed by atoms with Gasteiger partial charge in [0.25, 0.3) is 0 Å². The number of hydrogen-bond acceptors (Lipinski definition) is 4. The summed E-state index contributed by atoms with van der Waals surface area (Å²) in [4.78, 5) is 0. The summed E-state index contributed by atoms with van der Waals surface area (Å²) in [5.41, 5.74) is -0.180. The minimum absolute atomic E-state index is 0.569. The molecule has 0 amide bonds. The molecule has 5 heteroatoms. The number of piperidine rings is 1. The topological polar surface area (TPSA) is 73.8 Å². The lowest BCUT2D eigenvalue weighted by atomic mass is 9.91. The summed E-state index contributed by atoms with van der Waals surface area (Å²) in [7, 11) is 0. The van der Waals surface area contributed by atoms with E-state index in [0.717, 1.165) is 19.4 Å². The van der Waals surface area contributed by atoms with Gasteiger partial charge in [0.15, 0.2) is 0 Å². The van der Waals surface area contributed by atoms with Crippen LogP contribution in [0.25, 0.3) is 0 Å². The molecule has 1 aliphatic heterocycles. The van der Waals surface area contributed by atoms with E-state index in [1.54, 1.807) is 6.20 Å². The van der Waals surface area contributed by atoms with Crippen LogP contribution in [-0.2, 0) is 5.60 Å². The quantitative estimate of drug-likeness (QED) is 0.522. The Hall–Kier alpha value is -0.940. The zero-order valence-electron chi connectivity index (χ0n) is 6.75. The standard InChI is InChI=1S/C7H12N4O/c12-7(2-1-3-8-5-7)6-4-9-11-10-6/h4,8,12H,1-3,5H2,(H,9,10,11)/t7-/m0/s1. The van der Waals surface area contributed by atoms with Gasteiger partial charge in [-0.15, -0.1) is 0 Å². The maximum atomic E-state index is 10.0. The van der Waals surface area contributed by atoms with Gasteiger partial charge in [0.2, 0.25) is 0 Å². The first kappa shape index (κ1) is 7.70. The van der Waals surface area contributed by atoms with Crippen molar-refractivity contribution >= 4 is 0 Å². The maximum absolute atomic E-state index is 10.0. The third-order valence-electron chi connectivity index (χ3n) is 2.25. The Balaban J connectivity index is 2.19. The van der Waals surface area contributed by atoms with Crippen molar-refractivity contribution in [3.63, 3.8) is 0 Å². The fraction of sp³-hybridized carbons (Fsp3) is 0.714. The SMILES string of the molecule is O[C@@]1(c2cn[nH]n2)CCCNC1. The molecule has 0 unspecified atom stereocenters. The molecular weight excluding hydrogens is 156 g/mol. The second-order valence-corrected chi connectivity index (χ2v) is 3.17. The number of nitrogens with zero attached hydrogens (tertiary/aromatic N) is 2. The molecule has 3 N–H and O–H groups in total. The van der Waals surface area contributed by atoms with Gasteiger partial charge < -0.3 is 10.4 Å². The van der Waals surface area contributed by atoms with Crippen LogP contribution in [0.15, 0.2) is 6.20 Å². The number of H-pyrrole nitrogens is 1. The van der Waals surface area contributed by atoms with Crippen molar-refractivity contribution in [2.24, 2.45) is 0 Å². The van der Waals surface area contributed by atoms with Crippen molar-refractivity contribution in [3.8, 4) is 0 Å². The van der Waals surface area contributed by atoms with Crippen LogP contribution in [-0.4, -0.2) is 33.6 Å². The third kappa shape index (κ3) is 1.21. The van der Waals surface area contributed by atoms with Crippen LogP contribution in [0.2, 0.25) is 0 Å². The molecule has 1 saturated heterocycles. The minimum atomic E-state index is -0.814. The molecule has 5 nitrogen and oxygen atoms in total. The Kier molecular flexibility index (Phi) is 1.82. The Morgan fingerprint density at radius 1 is 1.58 bits per heavy atom. The average molecular weight is 168 g/mol. The van der Waals surface area contributed by atoms with Crippen LogP contribution in [0.4, 0.5) is 0 Å². The molecule has 0 bridgehead atoms. The van der Waals surface area contributed by atoms with E-state index in [9.17, 15) is 5.11 Å². The van der Waals surface area contributed by atoms with Gasteiger partial charge in [0, 0.05) is 6.54 Å². The van der Waals surface area contributed by atoms with Gasteiger partial charge in [0.05, 0.1) is 6.20 Å². The molecule has 1 aromatic rings. The summed E-state index contributed by atoms with van der Waals surface area (Å²) in [5, 5.41) is 23.2. The van der Waals surface area contributed by atoms with Crippen LogP contribution in [0.1, 0.15) is 18.5 Å². The summed E-state index contributed by atoms with van der Waals surface area (Å²) in [6.45, 7) is 1.54. The van der Waals surface area contributed by atoms with Gasteiger partial charge in [-0.2, -0.15) is 15.4 Å². The summed E-state index contributed by atoms with van der Waals surface area (Å²) in [5.74, 6) is 0. The zero-order valence-corrected chi connectivity index (χ0v) is 6.75. The van der Waals surface area contributed by atoms with Gasteiger partial charge in [-0.3, -0.25) is 0 Å². The van der Waals surface area contributed by atoms with Crippen molar-refractivity contribution in [1.29, 1.82) is 0 Å². The monoisotopic (exact) mass is 168 g/mol. The third-order valence-corrected chi connectivity index (χ3v) is 2.25. The molecule has 2 rings (SSSR count). The van der Waals surface area contributed by atoms with Crippen LogP contribution in [0.3, 0.4) is 0 Å². The van der Waals surface area contributed by atoms with Crippen molar-refractivity contribution in [3.05, 3.63) is 11.9 Å². The highest BCUT2D eigenvalue weighted by atomic mass is 16.3. The van der Waals surface area contributed by atoms with Crippen LogP contribution in [0, 0.1) is 0 Å². The fourth-order valence-electron chi connectivity index (χ4n) is 1.53. The second-order valence-electron chi connectivity index (χ2n) is 3.17. The van der Waals surface area contributed by atoms with Crippen molar-refractivity contribution in [2.75, 3.05) is 13.1 Å². The van der Waals surface area contributed by atoms with E-state index >= 15 is 0 Å². The second kappa shape index (κ2) is 2.84. The van der Waals surface area contributed by atoms with Gasteiger partial charge in [-0.05, 0) is 19.4 Å². The maximum Gasteiger partial charge on any atom is 0.122 e. The number of aliphatic hydroxyl groups is 1. The Morgan fingerprint density at radius 2 is 2.50 bits per heavy atom. The van der Waals surface area contributed by atoms with E-state index < -0.39 is 5.60 Å². The highest BCUT2D eigenvalue weighted by molar-refractivity contribution is 5.08. The van der Waals surface area contributed by atoms with Gasteiger partial charge >= 0.3 is 0 Å². The largest absolute Gasteiger partial charge is 0.382 e. The average Bonchev–Trinajstić information content (AvgIpc) is 2.58. The number of hydrogen-bond donors (Lipinski definition) is 3. The van der Waals surface area contributed by atoms with Crippen molar-refractivity contribution in [1.82, 2.24) is 20.7 Å². The van der Waals surface area contributed by atoms with E-state index in [-0.39, 0.29) is 0 Å². The highest BCUT2D eigenvalue weighted by Gasteiger charge is 2.33. The first-order chi connectivity index (χ1) is 5.81. The number of aromatic amines is 1. The zero-order chi connectivity index (χ0) is 8.44. The number of rotatable bonds is 1. The van der Waals surface area contributed by atoms with E-state index in [2.05, 4.69) is 20.7 Å². The van der Waals surface area contributed by atoms with E-state index in [1.165, 1.54) is 0 Å². The number of aromatic nitrogens is 3. The predicted octanol–water partition coefficient (Wildman–Crippen LogP) is -0.624. The first-order valence-electron chi connectivity index (χ1n) is 4.11. The molecule has 1 aliphatic rings. The summed E-state index contributed by atoms with van der Waals surface area (Å²) in [6.07, 6.45) is 3.31. The molecule has 2 heterocycles. The van der Waals surface area contributed by atoms with Crippen molar-refractivity contribution in [2.45, 2.75) is 18.4 Å². The van der Waals surface area contributed by atoms with Crippen LogP contribution >= 0.6 is 0 Å². The molecule has 66 valence electrons. The van der Waals surface area contributed by atoms with Gasteiger partial charge in [-0.1, -0.05) is 0 Å². The van der Waals surface area contributed by atoms with Crippen molar-refractivity contribution < 1.29 is 5.11 Å². The summed E-state index contributed by atoms with van der Waals surface area (Å²) in [6, 6.07) is 0. The lowest BCUT2D eigenvalue weighted by Gasteiger charge is -2.30. The minimum Gasteiger partial charge on any atom is -0.382 e. The molecule has 0 aliphatic carbocycles. The van der Waals surface area contributed by atoms with Gasteiger partial charge in [-0.25, -0.2) is 0 Å². The first-order valence-corrected chi connectivity index (χ1v) is 4.11. The fourth-order valence-corrected chi connectivity index (χ4v) is 1.53. The molecule has 1 fully saturated rings. The number of β-amino-alcohol motifs (C(OH)–C–C–N with tert-alkyl or cyclic N) is 1. The Bertz CT molecular complexity index is 240. The molecule has 0 saturated carbocycles. The Morgan fingerprint density at radius 3 is 3.08 bits per heavy atom. The summed E-state index contributed by atoms with van der Waals surface area (Å²) < 4.78 is 0. The predicted molar refractivity (Wildman–Crippen MR) is 42.4 cm³/mol. The molecule has 1 atom stereocenters. The molecule has 12 heavy (non-hydrogen) atoms. The number of nitrogens with one attached hydrogen (secondary N) is 2.